The van der Waals surface area contributed by atoms with Crippen molar-refractivity contribution in [3.8, 4) is 16.3 Å². The summed E-state index contributed by atoms with van der Waals surface area (Å²) in [6.07, 6.45) is -1.74. The van der Waals surface area contributed by atoms with E-state index in [0.717, 1.165) is 17.3 Å². The van der Waals surface area contributed by atoms with Crippen LogP contribution in [0.4, 0.5) is 18.0 Å². The van der Waals surface area contributed by atoms with Crippen LogP contribution in [0.25, 0.3) is 10.6 Å². The number of hydrogen-bond donors (Lipinski definition) is 2. The van der Waals surface area contributed by atoms with Crippen molar-refractivity contribution in [2.45, 2.75) is 52.4 Å². The number of nitrogens with zero attached hydrogens (tertiary/aromatic N) is 4. The number of hydrogen-bond acceptors (Lipinski definition) is 8. The van der Waals surface area contributed by atoms with Crippen LogP contribution in [0.5, 0.6) is 5.75 Å². The average molecular weight is 608 g/mol. The molecule has 1 aliphatic heterocycles. The van der Waals surface area contributed by atoms with Crippen molar-refractivity contribution in [3.63, 3.8) is 0 Å². The molecular formula is C28H32F3N5O5S. The SMILES string of the molecule is Cc1cnc(-c2cc(OC[C@@H]3CN(C(=O)O)CCO3)cc(C(=O)N[C@H](C)C(C)(C)Cc3cnc(C(F)(F)F)nc3)c2)s1. The van der Waals surface area contributed by atoms with Gasteiger partial charge in [-0.15, -0.1) is 11.3 Å². The summed E-state index contributed by atoms with van der Waals surface area (Å²) in [5.41, 5.74) is 0.961. The van der Waals surface area contributed by atoms with Crippen LogP contribution in [0.1, 0.15) is 47.4 Å². The van der Waals surface area contributed by atoms with Crippen molar-refractivity contribution in [2.24, 2.45) is 5.41 Å². The van der Waals surface area contributed by atoms with Crippen LogP contribution in [0, 0.1) is 12.3 Å². The van der Waals surface area contributed by atoms with Gasteiger partial charge in [0, 0.05) is 47.2 Å². The van der Waals surface area contributed by atoms with Crippen molar-refractivity contribution in [1.29, 1.82) is 0 Å². The fraction of sp³-hybridized carbons (Fsp3) is 0.464. The third kappa shape index (κ3) is 7.94. The summed E-state index contributed by atoms with van der Waals surface area (Å²) in [5.74, 6) is -1.17. The van der Waals surface area contributed by atoms with Gasteiger partial charge in [-0.25, -0.2) is 19.7 Å². The number of nitrogens with one attached hydrogen (secondary N) is 1. The summed E-state index contributed by atoms with van der Waals surface area (Å²) < 4.78 is 50.1. The zero-order valence-electron chi connectivity index (χ0n) is 23.6. The summed E-state index contributed by atoms with van der Waals surface area (Å²) >= 11 is 1.46. The molecule has 1 aliphatic rings. The van der Waals surface area contributed by atoms with Crippen LogP contribution in [0.2, 0.25) is 0 Å². The molecule has 0 radical (unpaired) electrons. The number of halogens is 3. The molecule has 42 heavy (non-hydrogen) atoms. The van der Waals surface area contributed by atoms with E-state index in [1.807, 2.05) is 27.7 Å². The Balaban J connectivity index is 1.49. The van der Waals surface area contributed by atoms with Gasteiger partial charge in [-0.05, 0) is 49.4 Å². The minimum atomic E-state index is -4.62. The number of ether oxygens (including phenoxy) is 2. The van der Waals surface area contributed by atoms with E-state index in [4.69, 9.17) is 9.47 Å². The molecule has 10 nitrogen and oxygen atoms in total. The van der Waals surface area contributed by atoms with Crippen molar-refractivity contribution in [2.75, 3.05) is 26.3 Å². The van der Waals surface area contributed by atoms with Gasteiger partial charge in [0.2, 0.25) is 5.82 Å². The standard InChI is InChI=1S/C28H32F3N5O5S/c1-16-11-32-24(42-16)20-7-19(8-21(9-20)41-15-22-14-36(26(38)39)5-6-40-22)23(37)35-17(2)27(3,4)10-18-12-33-25(34-13-18)28(29,30)31/h7-9,11-13,17,22H,5-6,10,14-15H2,1-4H3,(H,35,37)(H,38,39)/t17-,22+/m1/s1. The molecule has 0 spiro atoms. The molecule has 0 bridgehead atoms. The smallest absolute Gasteiger partial charge is 0.451 e. The number of morpholine rings is 1. The van der Waals surface area contributed by atoms with E-state index in [1.54, 1.807) is 24.4 Å². The number of aryl methyl sites for hydroxylation is 1. The number of alkyl halides is 3. The normalized spacial score (nSPS) is 16.6. The zero-order valence-corrected chi connectivity index (χ0v) is 24.4. The van der Waals surface area contributed by atoms with Gasteiger partial charge in [-0.1, -0.05) is 13.8 Å². The monoisotopic (exact) mass is 607 g/mol. The third-order valence-corrected chi connectivity index (χ3v) is 7.98. The lowest BCUT2D eigenvalue weighted by atomic mass is 9.80. The van der Waals surface area contributed by atoms with Crippen molar-refractivity contribution in [1.82, 2.24) is 25.2 Å². The first-order chi connectivity index (χ1) is 19.7. The van der Waals surface area contributed by atoms with Gasteiger partial charge >= 0.3 is 12.3 Å². The highest BCUT2D eigenvalue weighted by molar-refractivity contribution is 7.14. The van der Waals surface area contributed by atoms with Crippen LogP contribution >= 0.6 is 11.3 Å². The highest BCUT2D eigenvalue weighted by Gasteiger charge is 2.35. The van der Waals surface area contributed by atoms with E-state index in [-0.39, 0.29) is 38.3 Å². The van der Waals surface area contributed by atoms with Gasteiger partial charge in [0.05, 0.1) is 13.2 Å². The molecule has 0 unspecified atom stereocenters. The molecule has 0 aliphatic carbocycles. The highest BCUT2D eigenvalue weighted by Crippen LogP contribution is 2.31. The first kappa shape index (κ1) is 31.2. The Morgan fingerprint density at radius 3 is 2.52 bits per heavy atom. The molecule has 14 heteroatoms. The maximum atomic E-state index is 13.4. The Labute approximate surface area is 244 Å². The molecule has 226 valence electrons. The van der Waals surface area contributed by atoms with Gasteiger partial charge in [-0.2, -0.15) is 13.2 Å². The number of benzene rings is 1. The molecule has 0 saturated carbocycles. The Morgan fingerprint density at radius 1 is 1.19 bits per heavy atom. The molecule has 4 rings (SSSR count). The lowest BCUT2D eigenvalue weighted by Gasteiger charge is -2.32. The van der Waals surface area contributed by atoms with Crippen molar-refractivity contribution >= 4 is 23.3 Å². The van der Waals surface area contributed by atoms with Crippen LogP contribution < -0.4 is 10.1 Å². The zero-order chi connectivity index (χ0) is 30.7. The summed E-state index contributed by atoms with van der Waals surface area (Å²) in [4.78, 5) is 38.3. The molecule has 1 saturated heterocycles. The van der Waals surface area contributed by atoms with E-state index in [1.165, 1.54) is 16.2 Å². The third-order valence-electron chi connectivity index (χ3n) is 7.02. The van der Waals surface area contributed by atoms with Gasteiger partial charge in [0.15, 0.2) is 0 Å². The second-order valence-corrected chi connectivity index (χ2v) is 12.1. The number of rotatable bonds is 9. The quantitative estimate of drug-likeness (QED) is 0.345. The van der Waals surface area contributed by atoms with E-state index in [2.05, 4.69) is 20.3 Å². The number of carboxylic acid groups (broad SMARTS) is 1. The highest BCUT2D eigenvalue weighted by atomic mass is 32.1. The fourth-order valence-corrected chi connectivity index (χ4v) is 5.11. The summed E-state index contributed by atoms with van der Waals surface area (Å²) in [6, 6.07) is 4.69. The van der Waals surface area contributed by atoms with Gasteiger partial charge in [0.25, 0.3) is 5.91 Å². The minimum Gasteiger partial charge on any atom is -0.491 e. The first-order valence-electron chi connectivity index (χ1n) is 13.2. The predicted molar refractivity (Wildman–Crippen MR) is 149 cm³/mol. The molecule has 1 fully saturated rings. The lowest BCUT2D eigenvalue weighted by Crippen LogP contribution is -2.47. The second-order valence-electron chi connectivity index (χ2n) is 10.8. The molecule has 3 aromatic rings. The summed E-state index contributed by atoms with van der Waals surface area (Å²) in [5, 5.41) is 13.0. The van der Waals surface area contributed by atoms with Crippen LogP contribution in [0.15, 0.2) is 36.8 Å². The van der Waals surface area contributed by atoms with E-state index < -0.39 is 29.6 Å². The van der Waals surface area contributed by atoms with E-state index >= 15 is 0 Å². The van der Waals surface area contributed by atoms with Crippen LogP contribution in [-0.2, 0) is 17.3 Å². The Hall–Kier alpha value is -3.78. The predicted octanol–water partition coefficient (Wildman–Crippen LogP) is 5.07. The lowest BCUT2D eigenvalue weighted by molar-refractivity contribution is -0.145. The Bertz CT molecular complexity index is 1410. The average Bonchev–Trinajstić information content (AvgIpc) is 3.37. The Morgan fingerprint density at radius 2 is 1.90 bits per heavy atom. The molecule has 2 atom stereocenters. The van der Waals surface area contributed by atoms with Gasteiger partial charge in [0.1, 0.15) is 23.5 Å². The summed E-state index contributed by atoms with van der Waals surface area (Å²) in [7, 11) is 0. The molecular weight excluding hydrogens is 575 g/mol. The number of carbonyl (C=O) groups excluding carboxylic acids is 1. The summed E-state index contributed by atoms with van der Waals surface area (Å²) in [6.45, 7) is 8.34. The van der Waals surface area contributed by atoms with Crippen molar-refractivity contribution in [3.05, 3.63) is 58.6 Å². The maximum absolute atomic E-state index is 13.4. The Kier molecular flexibility index (Phi) is 9.36. The number of aromatic nitrogens is 3. The number of carbonyl (C=O) groups is 2. The van der Waals surface area contributed by atoms with Gasteiger partial charge < -0.3 is 24.8 Å². The maximum Gasteiger partial charge on any atom is 0.451 e. The topological polar surface area (TPSA) is 127 Å². The van der Waals surface area contributed by atoms with E-state index in [9.17, 15) is 27.9 Å². The molecule has 2 amide bonds. The van der Waals surface area contributed by atoms with Gasteiger partial charge in [-0.3, -0.25) is 4.79 Å². The second kappa shape index (κ2) is 12.6. The largest absolute Gasteiger partial charge is 0.491 e. The molecule has 1 aromatic carbocycles. The van der Waals surface area contributed by atoms with E-state index in [0.29, 0.717) is 33.9 Å². The van der Waals surface area contributed by atoms with Crippen LogP contribution in [0.3, 0.4) is 0 Å². The molecule has 2 N–H and O–H groups in total. The minimum absolute atomic E-state index is 0.0871. The van der Waals surface area contributed by atoms with Crippen LogP contribution in [-0.4, -0.2) is 75.4 Å². The number of thiazole rings is 1. The molecule has 3 heterocycles. The fourth-order valence-electron chi connectivity index (χ4n) is 4.36. The number of amides is 2. The first-order valence-corrected chi connectivity index (χ1v) is 14.0. The van der Waals surface area contributed by atoms with Crippen molar-refractivity contribution < 1.29 is 37.3 Å². The molecule has 2 aromatic heterocycles.